The number of fused-ring (bicyclic) bond motifs is 1. The van der Waals surface area contributed by atoms with Crippen LogP contribution >= 0.6 is 11.6 Å². The van der Waals surface area contributed by atoms with Crippen molar-refractivity contribution in [3.63, 3.8) is 0 Å². The van der Waals surface area contributed by atoms with Crippen molar-refractivity contribution in [2.75, 3.05) is 6.54 Å². The Morgan fingerprint density at radius 2 is 1.97 bits per heavy atom. The zero-order valence-electron chi connectivity index (χ0n) is 18.4. The van der Waals surface area contributed by atoms with E-state index in [1.54, 1.807) is 24.4 Å². The Hall–Kier alpha value is -3.15. The molecule has 0 amide bonds. The van der Waals surface area contributed by atoms with Gasteiger partial charge < -0.3 is 9.52 Å². The summed E-state index contributed by atoms with van der Waals surface area (Å²) in [4.78, 5) is 19.7. The van der Waals surface area contributed by atoms with Crippen molar-refractivity contribution in [2.24, 2.45) is 0 Å². The largest absolute Gasteiger partial charge is 0.507 e. The number of hydrogen-bond donors (Lipinski definition) is 1. The van der Waals surface area contributed by atoms with E-state index >= 15 is 0 Å². The second kappa shape index (κ2) is 9.00. The lowest BCUT2D eigenvalue weighted by molar-refractivity contribution is 0.139. The zero-order valence-corrected chi connectivity index (χ0v) is 19.2. The summed E-state index contributed by atoms with van der Waals surface area (Å²) in [6.45, 7) is 3.32. The number of rotatable bonds is 4. The first-order valence-corrected chi connectivity index (χ1v) is 11.6. The summed E-state index contributed by atoms with van der Waals surface area (Å²) in [6.07, 6.45) is 6.96. The average molecular weight is 461 g/mol. The molecule has 33 heavy (non-hydrogen) atoms. The van der Waals surface area contributed by atoms with Gasteiger partial charge in [-0.25, -0.2) is 4.79 Å². The fourth-order valence-corrected chi connectivity index (χ4v) is 5.02. The second-order valence-electron chi connectivity index (χ2n) is 8.60. The molecule has 4 aromatic rings. The molecule has 1 atom stereocenters. The molecule has 2 aromatic carbocycles. The SMILES string of the molecule is Cc1c(-c2ccc(Cl)cc2)c(=O)oc2c(CN3CCCC[C@H]3c3cccnc3)c(O)ccc12. The normalized spacial score (nSPS) is 16.8. The van der Waals surface area contributed by atoms with E-state index in [0.717, 1.165) is 42.3 Å². The number of hydrogen-bond acceptors (Lipinski definition) is 5. The van der Waals surface area contributed by atoms with Gasteiger partial charge in [0.05, 0.1) is 11.1 Å². The van der Waals surface area contributed by atoms with Crippen LogP contribution < -0.4 is 5.63 Å². The number of piperidine rings is 1. The highest BCUT2D eigenvalue weighted by atomic mass is 35.5. The summed E-state index contributed by atoms with van der Waals surface area (Å²) in [5.41, 5.74) is 3.94. The fraction of sp³-hybridized carbons (Fsp3) is 0.259. The monoisotopic (exact) mass is 460 g/mol. The number of aryl methyl sites for hydroxylation is 1. The van der Waals surface area contributed by atoms with Gasteiger partial charge in [-0.3, -0.25) is 9.88 Å². The van der Waals surface area contributed by atoms with Crippen molar-refractivity contribution in [1.82, 2.24) is 9.88 Å². The van der Waals surface area contributed by atoms with Gasteiger partial charge in [-0.1, -0.05) is 36.2 Å². The molecule has 0 unspecified atom stereocenters. The molecule has 3 heterocycles. The molecule has 168 valence electrons. The van der Waals surface area contributed by atoms with E-state index in [1.807, 2.05) is 37.4 Å². The summed E-state index contributed by atoms with van der Waals surface area (Å²) in [5, 5.41) is 12.2. The van der Waals surface area contributed by atoms with E-state index in [2.05, 4.69) is 16.0 Å². The highest BCUT2D eigenvalue weighted by Crippen LogP contribution is 2.37. The van der Waals surface area contributed by atoms with Crippen LogP contribution in [-0.2, 0) is 6.54 Å². The molecule has 1 fully saturated rings. The topological polar surface area (TPSA) is 66.6 Å². The van der Waals surface area contributed by atoms with Crippen LogP contribution in [0, 0.1) is 6.92 Å². The molecular formula is C27H25ClN2O3. The summed E-state index contributed by atoms with van der Waals surface area (Å²) in [5.74, 6) is 0.139. The molecule has 5 rings (SSSR count). The van der Waals surface area contributed by atoms with E-state index in [9.17, 15) is 9.90 Å². The van der Waals surface area contributed by atoms with Crippen molar-refractivity contribution in [3.05, 3.63) is 93.1 Å². The van der Waals surface area contributed by atoms with Crippen molar-refractivity contribution in [2.45, 2.75) is 38.8 Å². The first-order chi connectivity index (χ1) is 16.0. The van der Waals surface area contributed by atoms with Crippen molar-refractivity contribution in [1.29, 1.82) is 0 Å². The van der Waals surface area contributed by atoms with Gasteiger partial charge in [-0.05, 0) is 73.3 Å². The average Bonchev–Trinajstić information content (AvgIpc) is 2.83. The second-order valence-corrected chi connectivity index (χ2v) is 9.04. The van der Waals surface area contributed by atoms with Gasteiger partial charge in [-0.2, -0.15) is 0 Å². The molecule has 1 N–H and O–H groups in total. The van der Waals surface area contributed by atoms with Crippen molar-refractivity contribution >= 4 is 22.6 Å². The molecule has 1 saturated heterocycles. The van der Waals surface area contributed by atoms with E-state index in [1.165, 1.54) is 5.56 Å². The molecule has 1 aliphatic heterocycles. The third-order valence-corrected chi connectivity index (χ3v) is 6.84. The summed E-state index contributed by atoms with van der Waals surface area (Å²) in [7, 11) is 0. The predicted molar refractivity (Wildman–Crippen MR) is 131 cm³/mol. The van der Waals surface area contributed by atoms with E-state index in [0.29, 0.717) is 28.3 Å². The third kappa shape index (κ3) is 4.14. The number of aromatic nitrogens is 1. The Balaban J connectivity index is 1.59. The standard InChI is InChI=1S/C27H25ClN2O3/c1-17-21-11-12-24(31)22(16-30-14-3-2-6-23(30)19-5-4-13-29-15-19)26(21)33-27(32)25(17)18-7-9-20(28)10-8-18/h4-5,7-13,15,23,31H,2-3,6,14,16H2,1H3/t23-/m0/s1. The Bertz CT molecular complexity index is 1350. The van der Waals surface area contributed by atoms with Crippen LogP contribution in [-0.4, -0.2) is 21.5 Å². The first-order valence-electron chi connectivity index (χ1n) is 11.2. The maximum absolute atomic E-state index is 13.1. The molecule has 0 bridgehead atoms. The molecular weight excluding hydrogens is 436 g/mol. The quantitative estimate of drug-likeness (QED) is 0.364. The first kappa shape index (κ1) is 21.7. The number of benzene rings is 2. The lowest BCUT2D eigenvalue weighted by Crippen LogP contribution is -2.33. The maximum Gasteiger partial charge on any atom is 0.344 e. The number of likely N-dealkylation sites (tertiary alicyclic amines) is 1. The number of phenolic OH excluding ortho intramolecular Hbond substituents is 1. The summed E-state index contributed by atoms with van der Waals surface area (Å²) >= 11 is 6.02. The van der Waals surface area contributed by atoms with Gasteiger partial charge in [0.25, 0.3) is 0 Å². The van der Waals surface area contributed by atoms with E-state index < -0.39 is 5.63 Å². The van der Waals surface area contributed by atoms with Crippen LogP contribution in [0.3, 0.4) is 0 Å². The highest BCUT2D eigenvalue weighted by molar-refractivity contribution is 6.30. The van der Waals surface area contributed by atoms with Gasteiger partial charge in [-0.15, -0.1) is 0 Å². The Morgan fingerprint density at radius 1 is 1.15 bits per heavy atom. The minimum absolute atomic E-state index is 0.139. The number of nitrogens with zero attached hydrogens (tertiary/aromatic N) is 2. The van der Waals surface area contributed by atoms with Crippen LogP contribution in [0.5, 0.6) is 5.75 Å². The molecule has 0 spiro atoms. The third-order valence-electron chi connectivity index (χ3n) is 6.59. The summed E-state index contributed by atoms with van der Waals surface area (Å²) in [6, 6.07) is 14.9. The zero-order chi connectivity index (χ0) is 22.9. The van der Waals surface area contributed by atoms with Crippen molar-refractivity contribution in [3.8, 4) is 16.9 Å². The van der Waals surface area contributed by atoms with Crippen LogP contribution in [0.4, 0.5) is 0 Å². The van der Waals surface area contributed by atoms with Crippen molar-refractivity contribution < 1.29 is 9.52 Å². The maximum atomic E-state index is 13.1. The molecule has 6 heteroatoms. The van der Waals surface area contributed by atoms with Gasteiger partial charge >= 0.3 is 5.63 Å². The van der Waals surface area contributed by atoms with E-state index in [4.69, 9.17) is 16.0 Å². The molecule has 0 saturated carbocycles. The molecule has 5 nitrogen and oxygen atoms in total. The number of phenols is 1. The van der Waals surface area contributed by atoms with Crippen LogP contribution in [0.1, 0.15) is 42.0 Å². The smallest absolute Gasteiger partial charge is 0.344 e. The van der Waals surface area contributed by atoms with Crippen LogP contribution in [0.25, 0.3) is 22.1 Å². The van der Waals surface area contributed by atoms with Crippen LogP contribution in [0.2, 0.25) is 5.02 Å². The van der Waals surface area contributed by atoms with Gasteiger partial charge in [0.2, 0.25) is 0 Å². The lowest BCUT2D eigenvalue weighted by atomic mass is 9.94. The van der Waals surface area contributed by atoms with Crippen LogP contribution in [0.15, 0.2) is 70.1 Å². The number of halogens is 1. The molecule has 1 aliphatic rings. The van der Waals surface area contributed by atoms with Gasteiger partial charge in [0, 0.05) is 35.4 Å². The van der Waals surface area contributed by atoms with Gasteiger partial charge in [0.1, 0.15) is 11.3 Å². The molecule has 0 aliphatic carbocycles. The molecule has 2 aromatic heterocycles. The van der Waals surface area contributed by atoms with E-state index in [-0.39, 0.29) is 11.8 Å². The minimum atomic E-state index is -0.420. The Morgan fingerprint density at radius 3 is 2.73 bits per heavy atom. The minimum Gasteiger partial charge on any atom is -0.507 e. The number of pyridine rings is 1. The van der Waals surface area contributed by atoms with Gasteiger partial charge in [0.15, 0.2) is 0 Å². The Kier molecular flexibility index (Phi) is 5.92. The predicted octanol–water partition coefficient (Wildman–Crippen LogP) is 6.25. The fourth-order valence-electron chi connectivity index (χ4n) is 4.90. The Labute approximate surface area is 197 Å². The summed E-state index contributed by atoms with van der Waals surface area (Å²) < 4.78 is 5.87. The molecule has 0 radical (unpaired) electrons. The lowest BCUT2D eigenvalue weighted by Gasteiger charge is -2.36. The number of aromatic hydroxyl groups is 1. The highest BCUT2D eigenvalue weighted by Gasteiger charge is 2.27.